The summed E-state index contributed by atoms with van der Waals surface area (Å²) in [5.74, 6) is -0.170. The summed E-state index contributed by atoms with van der Waals surface area (Å²) in [4.78, 5) is 23.1. The molecule has 1 aromatic rings. The van der Waals surface area contributed by atoms with Crippen molar-refractivity contribution in [1.82, 2.24) is 5.32 Å². The summed E-state index contributed by atoms with van der Waals surface area (Å²) in [7, 11) is 0. The molecule has 2 aliphatic rings. The average molecular weight is 202 g/mol. The number of amides is 2. The number of fused-ring (bicyclic) bond motifs is 2. The molecule has 1 aromatic carbocycles. The van der Waals surface area contributed by atoms with Crippen LogP contribution >= 0.6 is 0 Å². The van der Waals surface area contributed by atoms with Crippen LogP contribution in [-0.4, -0.2) is 11.8 Å². The Morgan fingerprint density at radius 3 is 2.73 bits per heavy atom. The minimum Gasteiger partial charge on any atom is -0.338 e. The molecule has 1 fully saturated rings. The van der Waals surface area contributed by atoms with Gasteiger partial charge in [0, 0.05) is 17.7 Å². The predicted octanol–water partition coefficient (Wildman–Crippen LogP) is 0.744. The number of para-hydroxylation sites is 1. The summed E-state index contributed by atoms with van der Waals surface area (Å²) >= 11 is 0. The van der Waals surface area contributed by atoms with Crippen LogP contribution in [0.25, 0.3) is 0 Å². The maximum atomic E-state index is 11.9. The summed E-state index contributed by atoms with van der Waals surface area (Å²) in [6.45, 7) is 0. The Bertz CT molecular complexity index is 469. The Labute approximate surface area is 86.7 Å². The molecule has 1 atom stereocenters. The van der Waals surface area contributed by atoms with Gasteiger partial charge in [0.05, 0.1) is 0 Å². The number of benzene rings is 1. The van der Waals surface area contributed by atoms with Gasteiger partial charge in [-0.05, 0) is 12.5 Å². The van der Waals surface area contributed by atoms with Gasteiger partial charge in [-0.15, -0.1) is 0 Å². The number of nitrogens with one attached hydrogen (secondary N) is 2. The third-order valence-electron chi connectivity index (χ3n) is 3.10. The second-order valence-corrected chi connectivity index (χ2v) is 3.95. The zero-order valence-corrected chi connectivity index (χ0v) is 8.04. The van der Waals surface area contributed by atoms with Gasteiger partial charge in [0.25, 0.3) is 5.91 Å². The first-order chi connectivity index (χ1) is 7.22. The van der Waals surface area contributed by atoms with Crippen LogP contribution < -0.4 is 10.6 Å². The lowest BCUT2D eigenvalue weighted by Gasteiger charge is -2.20. The van der Waals surface area contributed by atoms with Crippen molar-refractivity contribution in [2.24, 2.45) is 0 Å². The van der Waals surface area contributed by atoms with Gasteiger partial charge >= 0.3 is 0 Å². The van der Waals surface area contributed by atoms with Crippen LogP contribution in [-0.2, 0) is 15.1 Å². The predicted molar refractivity (Wildman–Crippen MR) is 54.1 cm³/mol. The molecule has 3 rings (SSSR count). The van der Waals surface area contributed by atoms with E-state index >= 15 is 0 Å². The van der Waals surface area contributed by atoms with Gasteiger partial charge in [-0.25, -0.2) is 0 Å². The molecular weight excluding hydrogens is 192 g/mol. The second kappa shape index (κ2) is 2.59. The number of rotatable bonds is 0. The largest absolute Gasteiger partial charge is 0.338 e. The summed E-state index contributed by atoms with van der Waals surface area (Å²) < 4.78 is 0. The van der Waals surface area contributed by atoms with E-state index in [-0.39, 0.29) is 11.8 Å². The molecule has 0 aromatic heterocycles. The van der Waals surface area contributed by atoms with Crippen LogP contribution in [0.15, 0.2) is 24.3 Å². The lowest BCUT2D eigenvalue weighted by Crippen LogP contribution is -2.44. The molecule has 2 amide bonds. The second-order valence-electron chi connectivity index (χ2n) is 3.95. The van der Waals surface area contributed by atoms with Crippen molar-refractivity contribution in [2.75, 3.05) is 5.32 Å². The van der Waals surface area contributed by atoms with E-state index in [1.54, 1.807) is 0 Å². The highest BCUT2D eigenvalue weighted by molar-refractivity contribution is 6.09. The molecule has 1 unspecified atom stereocenters. The van der Waals surface area contributed by atoms with Crippen LogP contribution in [0.1, 0.15) is 18.4 Å². The minimum atomic E-state index is -0.798. The molecule has 2 heterocycles. The van der Waals surface area contributed by atoms with E-state index in [1.165, 1.54) is 0 Å². The lowest BCUT2D eigenvalue weighted by molar-refractivity contribution is -0.125. The monoisotopic (exact) mass is 202 g/mol. The number of carbonyl (C=O) groups excluding carboxylic acids is 2. The van der Waals surface area contributed by atoms with Crippen molar-refractivity contribution in [3.63, 3.8) is 0 Å². The first-order valence-electron chi connectivity index (χ1n) is 4.94. The first kappa shape index (κ1) is 8.47. The molecule has 2 N–H and O–H groups in total. The molecule has 76 valence electrons. The van der Waals surface area contributed by atoms with E-state index in [9.17, 15) is 9.59 Å². The molecule has 4 nitrogen and oxygen atoms in total. The van der Waals surface area contributed by atoms with Crippen molar-refractivity contribution in [3.8, 4) is 0 Å². The molecule has 1 saturated heterocycles. The highest BCUT2D eigenvalue weighted by Gasteiger charge is 2.50. The van der Waals surface area contributed by atoms with Gasteiger partial charge in [-0.1, -0.05) is 18.2 Å². The fourth-order valence-corrected chi connectivity index (χ4v) is 2.35. The lowest BCUT2D eigenvalue weighted by atomic mass is 9.90. The van der Waals surface area contributed by atoms with Crippen molar-refractivity contribution < 1.29 is 9.59 Å². The van der Waals surface area contributed by atoms with Gasteiger partial charge in [-0.2, -0.15) is 0 Å². The molecule has 0 bridgehead atoms. The van der Waals surface area contributed by atoms with Crippen LogP contribution in [0.4, 0.5) is 5.69 Å². The van der Waals surface area contributed by atoms with Crippen molar-refractivity contribution in [2.45, 2.75) is 18.4 Å². The number of anilines is 1. The minimum absolute atomic E-state index is 0.0538. The van der Waals surface area contributed by atoms with E-state index in [0.29, 0.717) is 12.8 Å². The molecule has 0 radical (unpaired) electrons. The Morgan fingerprint density at radius 2 is 2.00 bits per heavy atom. The summed E-state index contributed by atoms with van der Waals surface area (Å²) in [5, 5.41) is 5.58. The van der Waals surface area contributed by atoms with E-state index in [2.05, 4.69) is 10.6 Å². The molecule has 2 aliphatic heterocycles. The van der Waals surface area contributed by atoms with Gasteiger partial charge in [0.1, 0.15) is 5.54 Å². The summed E-state index contributed by atoms with van der Waals surface area (Å²) in [6.07, 6.45) is 0.969. The standard InChI is InChI=1S/C11H10N2O2/c14-9-5-6-11(13-9)7-3-1-2-4-8(7)12-10(11)15/h1-4H,5-6H2,(H,12,15)(H,13,14). The molecule has 4 heteroatoms. The Kier molecular flexibility index (Phi) is 1.46. The molecular formula is C11H10N2O2. The summed E-state index contributed by atoms with van der Waals surface area (Å²) in [5.41, 5.74) is 0.902. The SMILES string of the molecule is O=C1CCC2(N1)C(=O)Nc1ccccc12. The third kappa shape index (κ3) is 0.960. The number of hydrogen-bond acceptors (Lipinski definition) is 2. The van der Waals surface area contributed by atoms with Crippen LogP contribution in [0.3, 0.4) is 0 Å². The Morgan fingerprint density at radius 1 is 1.20 bits per heavy atom. The third-order valence-corrected chi connectivity index (χ3v) is 3.10. The zero-order valence-electron chi connectivity index (χ0n) is 8.04. The molecule has 0 saturated carbocycles. The highest BCUT2D eigenvalue weighted by Crippen LogP contribution is 2.41. The van der Waals surface area contributed by atoms with E-state index in [4.69, 9.17) is 0 Å². The van der Waals surface area contributed by atoms with Gasteiger partial charge < -0.3 is 10.6 Å². The Balaban J connectivity index is 2.17. The fraction of sp³-hybridized carbons (Fsp3) is 0.273. The van der Waals surface area contributed by atoms with Gasteiger partial charge in [-0.3, -0.25) is 9.59 Å². The van der Waals surface area contributed by atoms with Crippen molar-refractivity contribution in [1.29, 1.82) is 0 Å². The zero-order chi connectivity index (χ0) is 10.5. The average Bonchev–Trinajstić information content (AvgIpc) is 2.73. The van der Waals surface area contributed by atoms with Gasteiger partial charge in [0.15, 0.2) is 0 Å². The summed E-state index contributed by atoms with van der Waals surface area (Å²) in [6, 6.07) is 7.49. The quantitative estimate of drug-likeness (QED) is 0.652. The van der Waals surface area contributed by atoms with E-state index < -0.39 is 5.54 Å². The molecule has 0 aliphatic carbocycles. The van der Waals surface area contributed by atoms with E-state index in [1.807, 2.05) is 24.3 Å². The van der Waals surface area contributed by atoms with Crippen LogP contribution in [0.5, 0.6) is 0 Å². The topological polar surface area (TPSA) is 58.2 Å². The van der Waals surface area contributed by atoms with Crippen LogP contribution in [0.2, 0.25) is 0 Å². The number of carbonyl (C=O) groups is 2. The normalized spacial score (nSPS) is 27.7. The maximum absolute atomic E-state index is 11.9. The smallest absolute Gasteiger partial charge is 0.254 e. The molecule has 15 heavy (non-hydrogen) atoms. The highest BCUT2D eigenvalue weighted by atomic mass is 16.2. The van der Waals surface area contributed by atoms with Crippen LogP contribution in [0, 0.1) is 0 Å². The fourth-order valence-electron chi connectivity index (χ4n) is 2.35. The maximum Gasteiger partial charge on any atom is 0.254 e. The first-order valence-corrected chi connectivity index (χ1v) is 4.94. The number of hydrogen-bond donors (Lipinski definition) is 2. The molecule has 1 spiro atoms. The van der Waals surface area contributed by atoms with Crippen molar-refractivity contribution in [3.05, 3.63) is 29.8 Å². The van der Waals surface area contributed by atoms with E-state index in [0.717, 1.165) is 11.3 Å². The van der Waals surface area contributed by atoms with Crippen molar-refractivity contribution >= 4 is 17.5 Å². The Hall–Kier alpha value is -1.84. The van der Waals surface area contributed by atoms with Gasteiger partial charge in [0.2, 0.25) is 5.91 Å².